The molecule has 1 aliphatic carbocycles. The van der Waals surface area contributed by atoms with Crippen LogP contribution in [-0.4, -0.2) is 29.6 Å². The van der Waals surface area contributed by atoms with E-state index in [-0.39, 0.29) is 6.04 Å². The number of rotatable bonds is 2. The molecule has 86 valence electrons. The summed E-state index contributed by atoms with van der Waals surface area (Å²) < 4.78 is 0. The van der Waals surface area contributed by atoms with Crippen LogP contribution in [0.5, 0.6) is 0 Å². The minimum atomic E-state index is 0.0854. The summed E-state index contributed by atoms with van der Waals surface area (Å²) in [5.74, 6) is 1.12. The molecule has 1 aliphatic heterocycles. The average molecular weight is 210 g/mol. The van der Waals surface area contributed by atoms with Gasteiger partial charge in [-0.3, -0.25) is 10.1 Å². The van der Waals surface area contributed by atoms with Crippen LogP contribution in [0.3, 0.4) is 0 Å². The molecular weight excluding hydrogens is 188 g/mol. The van der Waals surface area contributed by atoms with E-state index in [0.29, 0.717) is 11.9 Å². The van der Waals surface area contributed by atoms with Crippen molar-refractivity contribution in [3.8, 4) is 0 Å². The van der Waals surface area contributed by atoms with Gasteiger partial charge in [0.2, 0.25) is 5.91 Å². The summed E-state index contributed by atoms with van der Waals surface area (Å²) in [6.45, 7) is 5.15. The number of carbonyl (C=O) groups excluding carboxylic acids is 1. The number of nitrogens with zero attached hydrogens (tertiary/aromatic N) is 1. The van der Waals surface area contributed by atoms with Crippen molar-refractivity contribution >= 4 is 5.91 Å². The van der Waals surface area contributed by atoms with E-state index in [0.717, 1.165) is 19.0 Å². The molecule has 3 unspecified atom stereocenters. The summed E-state index contributed by atoms with van der Waals surface area (Å²) >= 11 is 0. The molecule has 1 heterocycles. The first-order valence-electron chi connectivity index (χ1n) is 6.26. The van der Waals surface area contributed by atoms with Gasteiger partial charge in [0.25, 0.3) is 0 Å². The average Bonchev–Trinajstić information content (AvgIpc) is 2.59. The van der Waals surface area contributed by atoms with Crippen molar-refractivity contribution in [1.29, 1.82) is 0 Å². The van der Waals surface area contributed by atoms with E-state index in [4.69, 9.17) is 0 Å². The Morgan fingerprint density at radius 2 is 2.27 bits per heavy atom. The molecule has 3 atom stereocenters. The van der Waals surface area contributed by atoms with Gasteiger partial charge in [0, 0.05) is 6.04 Å². The van der Waals surface area contributed by atoms with E-state index < -0.39 is 0 Å². The zero-order valence-corrected chi connectivity index (χ0v) is 9.83. The lowest BCUT2D eigenvalue weighted by Gasteiger charge is -2.33. The van der Waals surface area contributed by atoms with Crippen molar-refractivity contribution in [2.75, 3.05) is 6.67 Å². The highest BCUT2D eigenvalue weighted by atomic mass is 16.2. The molecule has 1 saturated heterocycles. The van der Waals surface area contributed by atoms with Crippen molar-refractivity contribution in [1.82, 2.24) is 10.2 Å². The Bertz CT molecular complexity index is 242. The van der Waals surface area contributed by atoms with Crippen molar-refractivity contribution in [2.45, 2.75) is 58.0 Å². The minimum Gasteiger partial charge on any atom is -0.326 e. The highest BCUT2D eigenvalue weighted by Crippen LogP contribution is 2.28. The van der Waals surface area contributed by atoms with Crippen LogP contribution in [0, 0.1) is 5.92 Å². The summed E-state index contributed by atoms with van der Waals surface area (Å²) in [4.78, 5) is 14.1. The van der Waals surface area contributed by atoms with Crippen LogP contribution >= 0.6 is 0 Å². The summed E-state index contributed by atoms with van der Waals surface area (Å²) in [5.41, 5.74) is 0. The Balaban J connectivity index is 1.96. The van der Waals surface area contributed by atoms with Crippen LogP contribution in [0.15, 0.2) is 0 Å². The van der Waals surface area contributed by atoms with Gasteiger partial charge in [-0.2, -0.15) is 0 Å². The topological polar surface area (TPSA) is 32.3 Å². The number of carbonyl (C=O) groups is 1. The van der Waals surface area contributed by atoms with Gasteiger partial charge >= 0.3 is 0 Å². The molecule has 2 fully saturated rings. The number of hydrogen-bond donors (Lipinski definition) is 1. The Kier molecular flexibility index (Phi) is 3.29. The molecule has 0 radical (unpaired) electrons. The van der Waals surface area contributed by atoms with E-state index in [2.05, 4.69) is 24.1 Å². The van der Waals surface area contributed by atoms with Crippen LogP contribution in [-0.2, 0) is 4.79 Å². The van der Waals surface area contributed by atoms with Crippen molar-refractivity contribution < 1.29 is 4.79 Å². The first-order chi connectivity index (χ1) is 7.22. The lowest BCUT2D eigenvalue weighted by Crippen LogP contribution is -2.41. The fourth-order valence-electron chi connectivity index (χ4n) is 2.89. The normalized spacial score (nSPS) is 37.3. The molecule has 0 aromatic heterocycles. The van der Waals surface area contributed by atoms with E-state index >= 15 is 0 Å². The molecular formula is C12H22N2O. The molecule has 3 heteroatoms. The summed E-state index contributed by atoms with van der Waals surface area (Å²) in [7, 11) is 0. The molecule has 0 bridgehead atoms. The fourth-order valence-corrected chi connectivity index (χ4v) is 2.89. The second kappa shape index (κ2) is 4.52. The first kappa shape index (κ1) is 10.9. The van der Waals surface area contributed by atoms with Gasteiger partial charge in [0.1, 0.15) is 0 Å². The predicted octanol–water partition coefficient (Wildman–Crippen LogP) is 1.73. The van der Waals surface area contributed by atoms with Gasteiger partial charge < -0.3 is 4.90 Å². The minimum absolute atomic E-state index is 0.0854. The van der Waals surface area contributed by atoms with Crippen LogP contribution in [0.4, 0.5) is 0 Å². The van der Waals surface area contributed by atoms with Crippen molar-refractivity contribution in [3.05, 3.63) is 0 Å². The number of nitrogens with one attached hydrogen (secondary N) is 1. The summed E-state index contributed by atoms with van der Waals surface area (Å²) in [6.07, 6.45) is 5.94. The highest BCUT2D eigenvalue weighted by Gasteiger charge is 2.35. The van der Waals surface area contributed by atoms with E-state index in [1.807, 2.05) is 0 Å². The molecule has 15 heavy (non-hydrogen) atoms. The molecule has 3 nitrogen and oxygen atoms in total. The molecule has 2 aliphatic rings. The van der Waals surface area contributed by atoms with Crippen LogP contribution in [0.1, 0.15) is 46.0 Å². The molecule has 1 N–H and O–H groups in total. The predicted molar refractivity (Wildman–Crippen MR) is 60.3 cm³/mol. The van der Waals surface area contributed by atoms with Gasteiger partial charge in [0.15, 0.2) is 0 Å². The van der Waals surface area contributed by atoms with Gasteiger partial charge in [-0.15, -0.1) is 0 Å². The van der Waals surface area contributed by atoms with Crippen LogP contribution < -0.4 is 5.32 Å². The van der Waals surface area contributed by atoms with Gasteiger partial charge in [-0.25, -0.2) is 0 Å². The van der Waals surface area contributed by atoms with E-state index in [1.54, 1.807) is 0 Å². The quantitative estimate of drug-likeness (QED) is 0.753. The number of amides is 1. The molecule has 1 amide bonds. The summed E-state index contributed by atoms with van der Waals surface area (Å²) in [6, 6.07) is 0.590. The molecule has 1 saturated carbocycles. The second-order valence-electron chi connectivity index (χ2n) is 5.06. The first-order valence-corrected chi connectivity index (χ1v) is 6.26. The largest absolute Gasteiger partial charge is 0.326 e. The fraction of sp³-hybridized carbons (Fsp3) is 0.917. The van der Waals surface area contributed by atoms with Gasteiger partial charge in [0.05, 0.1) is 12.7 Å². The second-order valence-corrected chi connectivity index (χ2v) is 5.06. The Hall–Kier alpha value is -0.570. The molecule has 2 rings (SSSR count). The highest BCUT2D eigenvalue weighted by molar-refractivity contribution is 5.84. The standard InChI is InChI=1S/C12H22N2O/c1-3-11-12(15)14(8-13-11)10-6-4-5-9(2)7-10/h9-11,13H,3-8H2,1-2H3. The van der Waals surface area contributed by atoms with E-state index in [1.165, 1.54) is 25.7 Å². The maximum atomic E-state index is 12.0. The third-order valence-corrected chi connectivity index (χ3v) is 3.85. The third kappa shape index (κ3) is 2.17. The zero-order chi connectivity index (χ0) is 10.8. The third-order valence-electron chi connectivity index (χ3n) is 3.85. The van der Waals surface area contributed by atoms with Gasteiger partial charge in [-0.05, 0) is 25.2 Å². The molecule has 0 aromatic carbocycles. The van der Waals surface area contributed by atoms with Crippen molar-refractivity contribution in [2.24, 2.45) is 5.92 Å². The lowest BCUT2D eigenvalue weighted by molar-refractivity contribution is -0.131. The van der Waals surface area contributed by atoms with Gasteiger partial charge in [-0.1, -0.05) is 26.7 Å². The number of hydrogen-bond acceptors (Lipinski definition) is 2. The van der Waals surface area contributed by atoms with Crippen LogP contribution in [0.2, 0.25) is 0 Å². The monoisotopic (exact) mass is 210 g/mol. The Morgan fingerprint density at radius 1 is 1.47 bits per heavy atom. The maximum absolute atomic E-state index is 12.0. The Labute approximate surface area is 92.2 Å². The SMILES string of the molecule is CCC1NCN(C2CCCC(C)C2)C1=O. The maximum Gasteiger partial charge on any atom is 0.241 e. The lowest BCUT2D eigenvalue weighted by atomic mass is 9.86. The van der Waals surface area contributed by atoms with Crippen LogP contribution in [0.25, 0.3) is 0 Å². The Morgan fingerprint density at radius 3 is 2.87 bits per heavy atom. The van der Waals surface area contributed by atoms with E-state index in [9.17, 15) is 4.79 Å². The van der Waals surface area contributed by atoms with Crippen molar-refractivity contribution in [3.63, 3.8) is 0 Å². The summed E-state index contributed by atoms with van der Waals surface area (Å²) in [5, 5.41) is 3.29. The molecule has 0 aromatic rings. The zero-order valence-electron chi connectivity index (χ0n) is 9.83. The molecule has 0 spiro atoms. The smallest absolute Gasteiger partial charge is 0.241 e.